The van der Waals surface area contributed by atoms with Gasteiger partial charge in [-0.25, -0.2) is 4.79 Å². The first-order valence-corrected chi connectivity index (χ1v) is 8.71. The summed E-state index contributed by atoms with van der Waals surface area (Å²) in [7, 11) is -1.39. The Morgan fingerprint density at radius 1 is 1.60 bits per heavy atom. The van der Waals surface area contributed by atoms with Gasteiger partial charge in [-0.2, -0.15) is 4.98 Å². The average Bonchev–Trinajstić information content (AvgIpc) is 2.46. The summed E-state index contributed by atoms with van der Waals surface area (Å²) in [6.07, 6.45) is -0.856. The lowest BCUT2D eigenvalue weighted by atomic mass is 10.7. The molecule has 0 radical (unpaired) electrons. The lowest BCUT2D eigenvalue weighted by Gasteiger charge is -2.02. The van der Waals surface area contributed by atoms with E-state index >= 15 is 0 Å². The second-order valence-corrected chi connectivity index (χ2v) is 9.52. The Kier molecular flexibility index (Phi) is 3.50. The molecule has 15 heavy (non-hydrogen) atoms. The zero-order valence-corrected chi connectivity index (χ0v) is 10.6. The molecular formula is C9H12N2O2SSi. The Labute approximate surface area is 93.5 Å². The van der Waals surface area contributed by atoms with Gasteiger partial charge >= 0.3 is 6.09 Å². The highest BCUT2D eigenvalue weighted by molar-refractivity contribution is 7.10. The molecule has 0 aliphatic carbocycles. The number of carbonyl (C=O) groups is 1. The fraction of sp³-hybridized carbons (Fsp3) is 0.333. The molecule has 80 valence electrons. The molecule has 6 heteroatoms. The Morgan fingerprint density at radius 3 is 2.80 bits per heavy atom. The van der Waals surface area contributed by atoms with Crippen LogP contribution in [0.4, 0.5) is 4.79 Å². The van der Waals surface area contributed by atoms with Gasteiger partial charge in [0.2, 0.25) is 5.88 Å². The van der Waals surface area contributed by atoms with Gasteiger partial charge in [0, 0.05) is 0 Å². The molecular weight excluding hydrogens is 228 g/mol. The van der Waals surface area contributed by atoms with Crippen LogP contribution in [0.5, 0.6) is 5.88 Å². The van der Waals surface area contributed by atoms with Crippen LogP contribution in [-0.4, -0.2) is 19.2 Å². The lowest BCUT2D eigenvalue weighted by molar-refractivity contribution is 0.209. The Morgan fingerprint density at radius 2 is 2.27 bits per heavy atom. The Balaban J connectivity index is 2.75. The van der Waals surface area contributed by atoms with Gasteiger partial charge < -0.3 is 10.5 Å². The molecule has 1 amide bonds. The van der Waals surface area contributed by atoms with E-state index in [0.29, 0.717) is 5.01 Å². The standard InChI is InChI=1S/C9H12N2O2SSi/c1-15(2,3)5-4-8-11-7(6-14-8)13-9(10)12/h6H,1-3H3,(H2,10,12). The minimum absolute atomic E-state index is 0.215. The number of ether oxygens (including phenoxy) is 1. The predicted molar refractivity (Wildman–Crippen MR) is 62.5 cm³/mol. The van der Waals surface area contributed by atoms with E-state index in [1.165, 1.54) is 11.3 Å². The second kappa shape index (κ2) is 4.46. The van der Waals surface area contributed by atoms with E-state index in [-0.39, 0.29) is 5.88 Å². The van der Waals surface area contributed by atoms with Crippen LogP contribution in [0.2, 0.25) is 19.6 Å². The molecule has 0 bridgehead atoms. The van der Waals surface area contributed by atoms with Gasteiger partial charge in [-0.1, -0.05) is 19.6 Å². The molecule has 0 spiro atoms. The number of carbonyl (C=O) groups excluding carboxylic acids is 1. The summed E-state index contributed by atoms with van der Waals surface area (Å²) >= 11 is 1.34. The normalized spacial score (nSPS) is 10.3. The quantitative estimate of drug-likeness (QED) is 0.601. The third-order valence-corrected chi connectivity index (χ3v) is 2.84. The van der Waals surface area contributed by atoms with E-state index < -0.39 is 14.2 Å². The zero-order chi connectivity index (χ0) is 11.5. The number of nitrogens with zero attached hydrogens (tertiary/aromatic N) is 1. The first kappa shape index (κ1) is 11.7. The largest absolute Gasteiger partial charge is 0.411 e. The van der Waals surface area contributed by atoms with Gasteiger partial charge in [-0.05, 0) is 5.92 Å². The second-order valence-electron chi connectivity index (χ2n) is 3.91. The van der Waals surface area contributed by atoms with Crippen LogP contribution in [0.1, 0.15) is 5.01 Å². The molecule has 0 saturated carbocycles. The summed E-state index contributed by atoms with van der Waals surface area (Å²) in [5.41, 5.74) is 8.02. The van der Waals surface area contributed by atoms with Crippen LogP contribution < -0.4 is 10.5 Å². The van der Waals surface area contributed by atoms with Crippen molar-refractivity contribution in [1.82, 2.24) is 4.98 Å². The number of thiazole rings is 1. The van der Waals surface area contributed by atoms with Crippen molar-refractivity contribution in [2.45, 2.75) is 19.6 Å². The first-order valence-electron chi connectivity index (χ1n) is 4.33. The Bertz CT molecular complexity index is 425. The molecule has 0 atom stereocenters. The van der Waals surface area contributed by atoms with Crippen LogP contribution in [0.15, 0.2) is 5.38 Å². The number of primary amides is 1. The molecule has 0 fully saturated rings. The maximum Gasteiger partial charge on any atom is 0.411 e. The summed E-state index contributed by atoms with van der Waals surface area (Å²) in [5, 5.41) is 2.26. The summed E-state index contributed by atoms with van der Waals surface area (Å²) in [6, 6.07) is 0. The van der Waals surface area contributed by atoms with Crippen molar-refractivity contribution in [3.63, 3.8) is 0 Å². The zero-order valence-electron chi connectivity index (χ0n) is 8.83. The molecule has 0 unspecified atom stereocenters. The third-order valence-electron chi connectivity index (χ3n) is 1.23. The van der Waals surface area contributed by atoms with Crippen molar-refractivity contribution in [1.29, 1.82) is 0 Å². The molecule has 0 aliphatic rings. The molecule has 0 aliphatic heterocycles. The lowest BCUT2D eigenvalue weighted by Crippen LogP contribution is -2.16. The smallest absolute Gasteiger partial charge is 0.390 e. The highest BCUT2D eigenvalue weighted by Crippen LogP contribution is 2.15. The SMILES string of the molecule is C[Si](C)(C)C#Cc1nc(OC(N)=O)cs1. The van der Waals surface area contributed by atoms with E-state index in [9.17, 15) is 4.79 Å². The van der Waals surface area contributed by atoms with Crippen LogP contribution in [0.3, 0.4) is 0 Å². The van der Waals surface area contributed by atoms with Crippen molar-refractivity contribution in [3.8, 4) is 17.3 Å². The molecule has 1 heterocycles. The summed E-state index contributed by atoms with van der Waals surface area (Å²) < 4.78 is 4.61. The van der Waals surface area contributed by atoms with Gasteiger partial charge in [-0.15, -0.1) is 16.9 Å². The highest BCUT2D eigenvalue weighted by Gasteiger charge is 2.08. The minimum atomic E-state index is -1.39. The fourth-order valence-corrected chi connectivity index (χ4v) is 1.86. The summed E-state index contributed by atoms with van der Waals surface area (Å²) in [5.74, 6) is 3.18. The fourth-order valence-electron chi connectivity index (χ4n) is 0.707. The molecule has 4 nitrogen and oxygen atoms in total. The summed E-state index contributed by atoms with van der Waals surface area (Å²) in [6.45, 7) is 6.44. The van der Waals surface area contributed by atoms with Crippen LogP contribution >= 0.6 is 11.3 Å². The van der Waals surface area contributed by atoms with Crippen molar-refractivity contribution in [2.75, 3.05) is 0 Å². The van der Waals surface area contributed by atoms with Gasteiger partial charge in [0.15, 0.2) is 5.01 Å². The monoisotopic (exact) mass is 240 g/mol. The maximum atomic E-state index is 10.4. The minimum Gasteiger partial charge on any atom is -0.390 e. The number of hydrogen-bond donors (Lipinski definition) is 1. The van der Waals surface area contributed by atoms with E-state index in [4.69, 9.17) is 5.73 Å². The van der Waals surface area contributed by atoms with E-state index in [1.54, 1.807) is 5.38 Å². The van der Waals surface area contributed by atoms with Crippen molar-refractivity contribution in [3.05, 3.63) is 10.4 Å². The number of nitrogens with two attached hydrogens (primary N) is 1. The van der Waals surface area contributed by atoms with Gasteiger partial charge in [0.1, 0.15) is 8.07 Å². The first-order chi connectivity index (χ1) is 6.87. The van der Waals surface area contributed by atoms with Crippen molar-refractivity contribution in [2.24, 2.45) is 5.73 Å². The van der Waals surface area contributed by atoms with Gasteiger partial charge in [0.25, 0.3) is 0 Å². The molecule has 1 rings (SSSR count). The van der Waals surface area contributed by atoms with Crippen LogP contribution in [0.25, 0.3) is 0 Å². The van der Waals surface area contributed by atoms with Gasteiger partial charge in [0.05, 0.1) is 5.38 Å². The van der Waals surface area contributed by atoms with Crippen LogP contribution in [0, 0.1) is 11.5 Å². The van der Waals surface area contributed by atoms with Crippen molar-refractivity contribution < 1.29 is 9.53 Å². The summed E-state index contributed by atoms with van der Waals surface area (Å²) in [4.78, 5) is 14.4. The van der Waals surface area contributed by atoms with Gasteiger partial charge in [-0.3, -0.25) is 0 Å². The number of aromatic nitrogens is 1. The number of hydrogen-bond acceptors (Lipinski definition) is 4. The van der Waals surface area contributed by atoms with E-state index in [2.05, 4.69) is 40.8 Å². The molecule has 0 aromatic carbocycles. The number of amides is 1. The maximum absolute atomic E-state index is 10.4. The molecule has 0 saturated heterocycles. The van der Waals surface area contributed by atoms with Crippen LogP contribution in [-0.2, 0) is 0 Å². The molecule has 2 N–H and O–H groups in total. The predicted octanol–water partition coefficient (Wildman–Crippen LogP) is 1.83. The number of rotatable bonds is 1. The topological polar surface area (TPSA) is 65.2 Å². The van der Waals surface area contributed by atoms with Crippen molar-refractivity contribution >= 4 is 25.5 Å². The highest BCUT2D eigenvalue weighted by atomic mass is 32.1. The third kappa shape index (κ3) is 4.62. The van der Waals surface area contributed by atoms with E-state index in [0.717, 1.165) is 0 Å². The Hall–Kier alpha value is -1.32. The molecule has 1 aromatic heterocycles. The molecule has 1 aromatic rings. The average molecular weight is 240 g/mol. The van der Waals surface area contributed by atoms with E-state index in [1.807, 2.05) is 0 Å².